The summed E-state index contributed by atoms with van der Waals surface area (Å²) < 4.78 is 0. The van der Waals surface area contributed by atoms with Gasteiger partial charge in [0.1, 0.15) is 0 Å². The zero-order valence-electron chi connectivity index (χ0n) is 11.9. The molecule has 0 spiro atoms. The van der Waals surface area contributed by atoms with Crippen molar-refractivity contribution in [3.8, 4) is 0 Å². The van der Waals surface area contributed by atoms with Crippen LogP contribution in [0.1, 0.15) is 19.4 Å². The van der Waals surface area contributed by atoms with Gasteiger partial charge in [-0.15, -0.1) is 0 Å². The molecule has 0 aliphatic carbocycles. The molecule has 3 atom stereocenters. The molecule has 0 amide bonds. The first-order valence-corrected chi connectivity index (χ1v) is 9.87. The van der Waals surface area contributed by atoms with Crippen molar-refractivity contribution in [3.05, 3.63) is 33.8 Å². The Balaban J connectivity index is 2.09. The van der Waals surface area contributed by atoms with Gasteiger partial charge in [-0.2, -0.15) is 23.5 Å². The summed E-state index contributed by atoms with van der Waals surface area (Å²) in [5.74, 6) is 2.52. The van der Waals surface area contributed by atoms with E-state index in [9.17, 15) is 0 Å². The zero-order valence-corrected chi connectivity index (χ0v) is 15.0. The van der Waals surface area contributed by atoms with E-state index in [1.807, 2.05) is 12.1 Å². The van der Waals surface area contributed by atoms with Crippen molar-refractivity contribution in [3.63, 3.8) is 0 Å². The van der Waals surface area contributed by atoms with Gasteiger partial charge in [0.25, 0.3) is 0 Å². The fourth-order valence-corrected chi connectivity index (χ4v) is 5.86. The van der Waals surface area contributed by atoms with Crippen LogP contribution in [0.5, 0.6) is 0 Å². The van der Waals surface area contributed by atoms with Crippen LogP contribution < -0.4 is 5.32 Å². The summed E-state index contributed by atoms with van der Waals surface area (Å²) in [5.41, 5.74) is 1.26. The second-order valence-corrected chi connectivity index (χ2v) is 8.61. The molecule has 1 aromatic carbocycles. The second kappa shape index (κ2) is 8.19. The monoisotopic (exact) mass is 349 g/mol. The largest absolute Gasteiger partial charge is 0.313 e. The summed E-state index contributed by atoms with van der Waals surface area (Å²) in [5, 5.41) is 6.29. The Morgan fingerprint density at radius 1 is 1.25 bits per heavy atom. The number of thioether (sulfide) groups is 2. The standard InChI is InChI=1S/C15H21Cl2NS2/c1-3-18-14(15-10(2)19-6-7-20-15)9-11-4-5-12(16)13(17)8-11/h4-5,8,10,14-15,18H,3,6-7,9H2,1-2H3. The average molecular weight is 350 g/mol. The van der Waals surface area contributed by atoms with Gasteiger partial charge in [-0.05, 0) is 30.7 Å². The Hall–Kier alpha value is 0.460. The van der Waals surface area contributed by atoms with E-state index in [-0.39, 0.29) is 0 Å². The first kappa shape index (κ1) is 16.8. The molecule has 1 N–H and O–H groups in total. The maximum absolute atomic E-state index is 6.13. The molecule has 1 aliphatic heterocycles. The van der Waals surface area contributed by atoms with Gasteiger partial charge in [0.05, 0.1) is 10.0 Å². The Morgan fingerprint density at radius 3 is 2.65 bits per heavy atom. The molecule has 0 radical (unpaired) electrons. The number of likely N-dealkylation sites (N-methyl/N-ethyl adjacent to an activating group) is 1. The number of nitrogens with one attached hydrogen (secondary N) is 1. The van der Waals surface area contributed by atoms with Crippen molar-refractivity contribution in [1.82, 2.24) is 5.32 Å². The Kier molecular flexibility index (Phi) is 6.89. The molecular weight excluding hydrogens is 329 g/mol. The summed E-state index contributed by atoms with van der Waals surface area (Å²) in [6, 6.07) is 6.47. The Labute approximate surface area is 140 Å². The van der Waals surface area contributed by atoms with Crippen molar-refractivity contribution in [2.24, 2.45) is 0 Å². The molecule has 20 heavy (non-hydrogen) atoms. The van der Waals surface area contributed by atoms with E-state index in [0.29, 0.717) is 26.6 Å². The fraction of sp³-hybridized carbons (Fsp3) is 0.600. The molecular formula is C15H21Cl2NS2. The normalized spacial score (nSPS) is 24.6. The first-order chi connectivity index (χ1) is 9.61. The van der Waals surface area contributed by atoms with E-state index in [0.717, 1.165) is 13.0 Å². The number of hydrogen-bond acceptors (Lipinski definition) is 3. The summed E-state index contributed by atoms with van der Waals surface area (Å²) in [6.45, 7) is 5.52. The minimum absolute atomic E-state index is 0.491. The van der Waals surface area contributed by atoms with Crippen LogP contribution in [0.4, 0.5) is 0 Å². The molecule has 0 aromatic heterocycles. The van der Waals surface area contributed by atoms with Gasteiger partial charge < -0.3 is 5.32 Å². The van der Waals surface area contributed by atoms with Crippen molar-refractivity contribution in [2.75, 3.05) is 18.1 Å². The van der Waals surface area contributed by atoms with Gasteiger partial charge in [0.2, 0.25) is 0 Å². The third kappa shape index (κ3) is 4.48. The zero-order chi connectivity index (χ0) is 14.5. The molecule has 5 heteroatoms. The maximum atomic E-state index is 6.13. The van der Waals surface area contributed by atoms with Crippen LogP contribution >= 0.6 is 46.7 Å². The van der Waals surface area contributed by atoms with Gasteiger partial charge in [-0.25, -0.2) is 0 Å². The summed E-state index contributed by atoms with van der Waals surface area (Å²) in [6.07, 6.45) is 1.01. The van der Waals surface area contributed by atoms with Gasteiger partial charge >= 0.3 is 0 Å². The summed E-state index contributed by atoms with van der Waals surface area (Å²) in [7, 11) is 0. The summed E-state index contributed by atoms with van der Waals surface area (Å²) >= 11 is 16.3. The lowest BCUT2D eigenvalue weighted by atomic mass is 10.0. The highest BCUT2D eigenvalue weighted by atomic mass is 35.5. The number of hydrogen-bond donors (Lipinski definition) is 1. The minimum Gasteiger partial charge on any atom is -0.313 e. The van der Waals surface area contributed by atoms with Crippen molar-refractivity contribution >= 4 is 46.7 Å². The molecule has 112 valence electrons. The molecule has 3 unspecified atom stereocenters. The van der Waals surface area contributed by atoms with Crippen LogP contribution in [-0.2, 0) is 6.42 Å². The number of benzene rings is 1. The lowest BCUT2D eigenvalue weighted by molar-refractivity contribution is 0.501. The third-order valence-electron chi connectivity index (χ3n) is 3.54. The molecule has 1 nitrogen and oxygen atoms in total. The van der Waals surface area contributed by atoms with Gasteiger partial charge in [-0.3, -0.25) is 0 Å². The molecule has 2 rings (SSSR count). The van der Waals surface area contributed by atoms with Crippen molar-refractivity contribution in [2.45, 2.75) is 36.8 Å². The molecule has 0 saturated carbocycles. The van der Waals surface area contributed by atoms with Crippen LogP contribution in [0.2, 0.25) is 10.0 Å². The maximum Gasteiger partial charge on any atom is 0.0595 e. The van der Waals surface area contributed by atoms with E-state index in [1.54, 1.807) is 0 Å². The number of halogens is 2. The summed E-state index contributed by atoms with van der Waals surface area (Å²) in [4.78, 5) is 0. The second-order valence-electron chi connectivity index (χ2n) is 5.03. The predicted octanol–water partition coefficient (Wildman–Crippen LogP) is 4.75. The van der Waals surface area contributed by atoms with E-state index >= 15 is 0 Å². The smallest absolute Gasteiger partial charge is 0.0595 e. The topological polar surface area (TPSA) is 12.0 Å². The number of rotatable bonds is 5. The predicted molar refractivity (Wildman–Crippen MR) is 95.8 cm³/mol. The average Bonchev–Trinajstić information content (AvgIpc) is 2.43. The molecule has 1 saturated heterocycles. The van der Waals surface area contributed by atoms with Crippen LogP contribution in [0.15, 0.2) is 18.2 Å². The molecule has 1 fully saturated rings. The van der Waals surface area contributed by atoms with E-state index < -0.39 is 0 Å². The Morgan fingerprint density at radius 2 is 2.00 bits per heavy atom. The molecule has 0 bridgehead atoms. The van der Waals surface area contributed by atoms with E-state index in [4.69, 9.17) is 23.2 Å². The Bertz CT molecular complexity index is 442. The van der Waals surface area contributed by atoms with E-state index in [2.05, 4.69) is 48.8 Å². The van der Waals surface area contributed by atoms with Crippen molar-refractivity contribution in [1.29, 1.82) is 0 Å². The third-order valence-corrected chi connectivity index (χ3v) is 7.53. The van der Waals surface area contributed by atoms with E-state index in [1.165, 1.54) is 17.1 Å². The fourth-order valence-electron chi connectivity index (χ4n) is 2.58. The van der Waals surface area contributed by atoms with Gasteiger partial charge in [0.15, 0.2) is 0 Å². The van der Waals surface area contributed by atoms with Gasteiger partial charge in [-0.1, -0.05) is 43.1 Å². The highest BCUT2D eigenvalue weighted by Crippen LogP contribution is 2.34. The van der Waals surface area contributed by atoms with Crippen LogP contribution in [0.3, 0.4) is 0 Å². The SMILES string of the molecule is CCNC(Cc1ccc(Cl)c(Cl)c1)C1SCCSC1C. The van der Waals surface area contributed by atoms with Crippen molar-refractivity contribution < 1.29 is 0 Å². The lowest BCUT2D eigenvalue weighted by Crippen LogP contribution is -2.45. The highest BCUT2D eigenvalue weighted by Gasteiger charge is 2.29. The molecule has 1 heterocycles. The first-order valence-electron chi connectivity index (χ1n) is 7.02. The molecule has 1 aromatic rings. The van der Waals surface area contributed by atoms with Crippen LogP contribution in [-0.4, -0.2) is 34.6 Å². The quantitative estimate of drug-likeness (QED) is 0.823. The van der Waals surface area contributed by atoms with Crippen LogP contribution in [0.25, 0.3) is 0 Å². The lowest BCUT2D eigenvalue weighted by Gasteiger charge is -2.35. The van der Waals surface area contributed by atoms with Crippen LogP contribution in [0, 0.1) is 0 Å². The molecule has 1 aliphatic rings. The van der Waals surface area contributed by atoms with Gasteiger partial charge in [0, 0.05) is 28.0 Å². The minimum atomic E-state index is 0.491. The highest BCUT2D eigenvalue weighted by molar-refractivity contribution is 8.07.